The van der Waals surface area contributed by atoms with Gasteiger partial charge >= 0.3 is 0 Å². The standard InChI is InChI=1S/C9H14N2O2/c10-5-9-11-6-8(13-9)7-1-3-12-4-2-7/h6-7H,1-5,10H2. The molecule has 4 heteroatoms. The molecule has 4 nitrogen and oxygen atoms in total. The van der Waals surface area contributed by atoms with Gasteiger partial charge in [-0.25, -0.2) is 4.98 Å². The molecule has 0 amide bonds. The highest BCUT2D eigenvalue weighted by molar-refractivity contribution is 5.02. The smallest absolute Gasteiger partial charge is 0.208 e. The lowest BCUT2D eigenvalue weighted by Crippen LogP contribution is -2.13. The van der Waals surface area contributed by atoms with Crippen molar-refractivity contribution in [3.8, 4) is 0 Å². The van der Waals surface area contributed by atoms with Crippen molar-refractivity contribution in [3.05, 3.63) is 17.8 Å². The predicted octanol–water partition coefficient (Wildman–Crippen LogP) is 1.03. The lowest BCUT2D eigenvalue weighted by atomic mass is 9.98. The van der Waals surface area contributed by atoms with Gasteiger partial charge in [0, 0.05) is 19.1 Å². The molecule has 0 aliphatic carbocycles. The highest BCUT2D eigenvalue weighted by Gasteiger charge is 2.19. The van der Waals surface area contributed by atoms with Gasteiger partial charge in [0.15, 0.2) is 0 Å². The summed E-state index contributed by atoms with van der Waals surface area (Å²) in [6.07, 6.45) is 3.84. The third-order valence-corrected chi connectivity index (χ3v) is 2.37. The number of ether oxygens (including phenoxy) is 1. The summed E-state index contributed by atoms with van der Waals surface area (Å²) >= 11 is 0. The lowest BCUT2D eigenvalue weighted by molar-refractivity contribution is 0.0804. The Morgan fingerprint density at radius 1 is 1.46 bits per heavy atom. The van der Waals surface area contributed by atoms with Crippen molar-refractivity contribution in [1.29, 1.82) is 0 Å². The molecule has 2 heterocycles. The van der Waals surface area contributed by atoms with E-state index < -0.39 is 0 Å². The molecule has 0 saturated carbocycles. The molecule has 1 fully saturated rings. The van der Waals surface area contributed by atoms with Crippen molar-refractivity contribution in [1.82, 2.24) is 4.98 Å². The van der Waals surface area contributed by atoms with Crippen molar-refractivity contribution in [2.75, 3.05) is 13.2 Å². The molecule has 1 aromatic heterocycles. The van der Waals surface area contributed by atoms with E-state index in [1.807, 2.05) is 0 Å². The number of hydrogen-bond donors (Lipinski definition) is 1. The van der Waals surface area contributed by atoms with Crippen molar-refractivity contribution >= 4 is 0 Å². The Labute approximate surface area is 77.1 Å². The topological polar surface area (TPSA) is 61.3 Å². The summed E-state index contributed by atoms with van der Waals surface area (Å²) in [6.45, 7) is 2.02. The Morgan fingerprint density at radius 3 is 2.85 bits per heavy atom. The molecular formula is C9H14N2O2. The molecule has 2 N–H and O–H groups in total. The maximum atomic E-state index is 5.48. The number of hydrogen-bond acceptors (Lipinski definition) is 4. The molecule has 1 aliphatic rings. The van der Waals surface area contributed by atoms with Gasteiger partial charge in [-0.3, -0.25) is 0 Å². The first-order chi connectivity index (χ1) is 6.40. The molecule has 0 unspecified atom stereocenters. The fourth-order valence-corrected chi connectivity index (χ4v) is 1.59. The van der Waals surface area contributed by atoms with E-state index in [2.05, 4.69) is 4.98 Å². The van der Waals surface area contributed by atoms with Crippen molar-refractivity contribution < 1.29 is 9.15 Å². The number of oxazole rings is 1. The number of rotatable bonds is 2. The molecule has 0 aromatic carbocycles. The van der Waals surface area contributed by atoms with Crippen LogP contribution in [0.2, 0.25) is 0 Å². The van der Waals surface area contributed by atoms with E-state index in [1.54, 1.807) is 6.20 Å². The Bertz CT molecular complexity index is 266. The van der Waals surface area contributed by atoms with E-state index >= 15 is 0 Å². The average Bonchev–Trinajstić information content (AvgIpc) is 2.67. The zero-order valence-electron chi connectivity index (χ0n) is 7.53. The Morgan fingerprint density at radius 2 is 2.23 bits per heavy atom. The molecule has 0 bridgehead atoms. The quantitative estimate of drug-likeness (QED) is 0.742. The molecule has 1 aliphatic heterocycles. The summed E-state index contributed by atoms with van der Waals surface area (Å²) in [4.78, 5) is 4.08. The molecule has 1 saturated heterocycles. The van der Waals surface area contributed by atoms with E-state index in [0.29, 0.717) is 18.4 Å². The van der Waals surface area contributed by atoms with Crippen LogP contribution in [0.1, 0.15) is 30.4 Å². The maximum Gasteiger partial charge on any atom is 0.208 e. The van der Waals surface area contributed by atoms with E-state index in [4.69, 9.17) is 14.9 Å². The third-order valence-electron chi connectivity index (χ3n) is 2.37. The van der Waals surface area contributed by atoms with E-state index in [1.165, 1.54) is 0 Å². The summed E-state index contributed by atoms with van der Waals surface area (Å²) in [5.41, 5.74) is 5.41. The summed E-state index contributed by atoms with van der Waals surface area (Å²) < 4.78 is 10.7. The summed E-state index contributed by atoms with van der Waals surface area (Å²) in [5.74, 6) is 2.06. The summed E-state index contributed by atoms with van der Waals surface area (Å²) in [7, 11) is 0. The average molecular weight is 182 g/mol. The van der Waals surface area contributed by atoms with Gasteiger partial charge < -0.3 is 14.9 Å². The van der Waals surface area contributed by atoms with E-state index in [0.717, 1.165) is 31.8 Å². The minimum atomic E-state index is 0.378. The first-order valence-corrected chi connectivity index (χ1v) is 4.62. The molecule has 0 radical (unpaired) electrons. The highest BCUT2D eigenvalue weighted by atomic mass is 16.5. The van der Waals surface area contributed by atoms with Gasteiger partial charge in [-0.05, 0) is 12.8 Å². The Kier molecular flexibility index (Phi) is 2.61. The van der Waals surface area contributed by atoms with Crippen LogP contribution in [0.5, 0.6) is 0 Å². The van der Waals surface area contributed by atoms with Crippen LogP contribution in [-0.4, -0.2) is 18.2 Å². The lowest BCUT2D eigenvalue weighted by Gasteiger charge is -2.19. The number of nitrogens with zero attached hydrogens (tertiary/aromatic N) is 1. The van der Waals surface area contributed by atoms with Crippen LogP contribution in [0.15, 0.2) is 10.6 Å². The van der Waals surface area contributed by atoms with E-state index in [-0.39, 0.29) is 0 Å². The van der Waals surface area contributed by atoms with Gasteiger partial charge in [0.1, 0.15) is 5.76 Å². The SMILES string of the molecule is NCc1ncc(C2CCOCC2)o1. The molecule has 72 valence electrons. The Balaban J connectivity index is 2.05. The fourth-order valence-electron chi connectivity index (χ4n) is 1.59. The second-order valence-electron chi connectivity index (χ2n) is 3.25. The highest BCUT2D eigenvalue weighted by Crippen LogP contribution is 2.26. The summed E-state index contributed by atoms with van der Waals surface area (Å²) in [5, 5.41) is 0. The van der Waals surface area contributed by atoms with Crippen LogP contribution >= 0.6 is 0 Å². The van der Waals surface area contributed by atoms with Gasteiger partial charge in [0.05, 0.1) is 12.7 Å². The molecule has 0 atom stereocenters. The van der Waals surface area contributed by atoms with Crippen LogP contribution in [-0.2, 0) is 11.3 Å². The van der Waals surface area contributed by atoms with Crippen molar-refractivity contribution in [2.24, 2.45) is 5.73 Å². The van der Waals surface area contributed by atoms with Crippen LogP contribution in [0, 0.1) is 0 Å². The molecule has 1 aromatic rings. The summed E-state index contributed by atoms with van der Waals surface area (Å²) in [6, 6.07) is 0. The molecular weight excluding hydrogens is 168 g/mol. The fraction of sp³-hybridized carbons (Fsp3) is 0.667. The van der Waals surface area contributed by atoms with Crippen molar-refractivity contribution in [3.63, 3.8) is 0 Å². The monoisotopic (exact) mass is 182 g/mol. The van der Waals surface area contributed by atoms with Gasteiger partial charge in [-0.1, -0.05) is 0 Å². The maximum absolute atomic E-state index is 5.48. The number of aromatic nitrogens is 1. The van der Waals surface area contributed by atoms with Crippen LogP contribution in [0.4, 0.5) is 0 Å². The zero-order valence-corrected chi connectivity index (χ0v) is 7.53. The number of nitrogens with two attached hydrogens (primary N) is 1. The van der Waals surface area contributed by atoms with Gasteiger partial charge in [-0.2, -0.15) is 0 Å². The Hall–Kier alpha value is -0.870. The van der Waals surface area contributed by atoms with Gasteiger partial charge in [0.25, 0.3) is 0 Å². The van der Waals surface area contributed by atoms with Crippen molar-refractivity contribution in [2.45, 2.75) is 25.3 Å². The largest absolute Gasteiger partial charge is 0.444 e. The minimum absolute atomic E-state index is 0.378. The molecule has 13 heavy (non-hydrogen) atoms. The second kappa shape index (κ2) is 3.89. The first kappa shape index (κ1) is 8.72. The molecule has 0 spiro atoms. The normalized spacial score (nSPS) is 19.2. The van der Waals surface area contributed by atoms with E-state index in [9.17, 15) is 0 Å². The minimum Gasteiger partial charge on any atom is -0.444 e. The first-order valence-electron chi connectivity index (χ1n) is 4.62. The third kappa shape index (κ3) is 1.89. The predicted molar refractivity (Wildman–Crippen MR) is 47.2 cm³/mol. The molecule has 2 rings (SSSR count). The zero-order chi connectivity index (χ0) is 9.10. The van der Waals surface area contributed by atoms with Gasteiger partial charge in [0.2, 0.25) is 5.89 Å². The van der Waals surface area contributed by atoms with Crippen LogP contribution < -0.4 is 5.73 Å². The van der Waals surface area contributed by atoms with Gasteiger partial charge in [-0.15, -0.1) is 0 Å². The van der Waals surface area contributed by atoms with Crippen LogP contribution in [0.3, 0.4) is 0 Å². The van der Waals surface area contributed by atoms with Crippen LogP contribution in [0.25, 0.3) is 0 Å². The second-order valence-corrected chi connectivity index (χ2v) is 3.25.